The standard InChI is InChI=1S/C31H16F2N3OS.C14H16GeN.Ir/c1-16-9-11-21(29-27(16)20-12-14-26(33)35-31(20)38-29)30-34-22-15-17(32)10-13-23(22)36(30)24-7-4-6-19-18-5-2-3-8-25(18)37-28(19)24;1-15(2,3)13-9-10-14(16-11-13)12-7-5-4-6-8-12;/h2-10,12-15H,1H3;4-7,9-11H,1-3H3;/q2*-1;. The average molecular weight is 980 g/mol. The fourth-order valence-corrected chi connectivity index (χ4v) is 10.3. The van der Waals surface area contributed by atoms with Gasteiger partial charge in [-0.3, -0.25) is 4.98 Å². The zero-order valence-electron chi connectivity index (χ0n) is 30.2. The molecule has 0 atom stereocenters. The van der Waals surface area contributed by atoms with Crippen molar-refractivity contribution in [2.45, 2.75) is 24.2 Å². The first-order valence-electron chi connectivity index (χ1n) is 17.6. The topological polar surface area (TPSA) is 56.7 Å². The zero-order valence-corrected chi connectivity index (χ0v) is 35.6. The van der Waals surface area contributed by atoms with Crippen molar-refractivity contribution in [3.8, 4) is 28.3 Å². The molecule has 0 unspecified atom stereocenters. The third-order valence-corrected chi connectivity index (χ3v) is 15.0. The largest absolute Gasteiger partial charge is 0 e. The SMILES string of the molecule is Cc1c[c-]c(-c2nc3cc(F)ccc3n2-c2cccc3c2oc2ccccc23)c2sc3nc(F)ccc3c12.[CH3][Ge]([CH3])([CH3])[c]1ccc(-c2[c-]cccc2)nc1.[Ir]. The van der Waals surface area contributed by atoms with Crippen molar-refractivity contribution in [2.24, 2.45) is 0 Å². The number of pyridine rings is 2. The Kier molecular flexibility index (Phi) is 9.76. The third kappa shape index (κ3) is 6.69. The molecule has 5 aromatic carbocycles. The van der Waals surface area contributed by atoms with Crippen molar-refractivity contribution in [2.75, 3.05) is 0 Å². The monoisotopic (exact) mass is 981 g/mol. The van der Waals surface area contributed by atoms with E-state index in [0.717, 1.165) is 65.4 Å². The van der Waals surface area contributed by atoms with Gasteiger partial charge in [0, 0.05) is 42.3 Å². The molecule has 10 rings (SSSR count). The smallest absolute Gasteiger partial charge is 0 e. The summed E-state index contributed by atoms with van der Waals surface area (Å²) >= 11 is -0.313. The summed E-state index contributed by atoms with van der Waals surface area (Å²) in [5.74, 6) is 6.85. The summed E-state index contributed by atoms with van der Waals surface area (Å²) < 4.78 is 39.0. The Morgan fingerprint density at radius 1 is 0.800 bits per heavy atom. The van der Waals surface area contributed by atoms with E-state index < -0.39 is 19.2 Å². The van der Waals surface area contributed by atoms with Gasteiger partial charge in [0.2, 0.25) is 5.95 Å². The summed E-state index contributed by atoms with van der Waals surface area (Å²) in [6.45, 7) is 2.01. The second-order valence-corrected chi connectivity index (χ2v) is 25.9. The van der Waals surface area contributed by atoms with Crippen LogP contribution in [0, 0.1) is 30.8 Å². The predicted octanol–water partition coefficient (Wildman–Crippen LogP) is 11.8. The van der Waals surface area contributed by atoms with Crippen LogP contribution >= 0.6 is 11.3 Å². The van der Waals surface area contributed by atoms with Crippen molar-refractivity contribution in [3.05, 3.63) is 151 Å². The number of hydrogen-bond donors (Lipinski definition) is 0. The summed E-state index contributed by atoms with van der Waals surface area (Å²) in [4.78, 5) is 14.2. The van der Waals surface area contributed by atoms with Gasteiger partial charge in [-0.15, -0.1) is 17.7 Å². The Morgan fingerprint density at radius 2 is 1.62 bits per heavy atom. The van der Waals surface area contributed by atoms with E-state index in [1.807, 2.05) is 90.5 Å². The van der Waals surface area contributed by atoms with E-state index in [1.165, 1.54) is 33.9 Å². The number of thiophene rings is 1. The maximum absolute atomic E-state index is 14.3. The summed E-state index contributed by atoms with van der Waals surface area (Å²) in [7, 11) is 0. The van der Waals surface area contributed by atoms with Crippen molar-refractivity contribution in [3.63, 3.8) is 0 Å². The molecule has 5 nitrogen and oxygen atoms in total. The van der Waals surface area contributed by atoms with Crippen LogP contribution in [0.5, 0.6) is 0 Å². The summed E-state index contributed by atoms with van der Waals surface area (Å²) in [5.41, 5.74) is 7.36. The average Bonchev–Trinajstić information content (AvgIpc) is 3.87. The molecule has 0 saturated heterocycles. The van der Waals surface area contributed by atoms with Crippen LogP contribution in [-0.2, 0) is 20.1 Å². The minimum atomic E-state index is -1.72. The maximum Gasteiger partial charge on any atom is 0 e. The second-order valence-electron chi connectivity index (χ2n) is 14.3. The minimum absolute atomic E-state index is 0. The normalized spacial score (nSPS) is 11.7. The first-order valence-corrected chi connectivity index (χ1v) is 25.7. The molecular weight excluding hydrogens is 947 g/mol. The second kappa shape index (κ2) is 14.5. The number of rotatable bonds is 4. The van der Waals surface area contributed by atoms with E-state index in [4.69, 9.17) is 9.40 Å². The number of para-hydroxylation sites is 2. The number of benzene rings is 5. The van der Waals surface area contributed by atoms with Gasteiger partial charge in [0.05, 0.1) is 22.5 Å². The first kappa shape index (κ1) is 36.9. The Bertz CT molecular complexity index is 3020. The summed E-state index contributed by atoms with van der Waals surface area (Å²) in [6, 6.07) is 42.5. The van der Waals surface area contributed by atoms with Crippen molar-refractivity contribution < 1.29 is 33.3 Å². The number of nitrogens with zero attached hydrogens (tertiary/aromatic N) is 4. The van der Waals surface area contributed by atoms with E-state index >= 15 is 0 Å². The van der Waals surface area contributed by atoms with Gasteiger partial charge in [-0.2, -0.15) is 15.7 Å². The van der Waals surface area contributed by atoms with Gasteiger partial charge in [-0.05, 0) is 41.1 Å². The van der Waals surface area contributed by atoms with Crippen LogP contribution in [0.1, 0.15) is 5.56 Å². The van der Waals surface area contributed by atoms with Crippen molar-refractivity contribution in [1.82, 2.24) is 19.5 Å². The fourth-order valence-electron chi connectivity index (χ4n) is 6.93. The van der Waals surface area contributed by atoms with Gasteiger partial charge in [-0.1, -0.05) is 48.2 Å². The van der Waals surface area contributed by atoms with Crippen molar-refractivity contribution in [1.29, 1.82) is 0 Å². The molecule has 10 heteroatoms. The molecule has 5 heterocycles. The predicted molar refractivity (Wildman–Crippen MR) is 219 cm³/mol. The van der Waals surface area contributed by atoms with Gasteiger partial charge in [0.25, 0.3) is 0 Å². The van der Waals surface area contributed by atoms with Crippen molar-refractivity contribution >= 4 is 82.3 Å². The molecule has 0 amide bonds. The number of halogens is 2. The quantitative estimate of drug-likeness (QED) is 0.100. The number of aryl methyl sites for hydroxylation is 1. The van der Waals surface area contributed by atoms with Gasteiger partial charge >= 0.3 is 99.8 Å². The zero-order chi connectivity index (χ0) is 37.1. The Labute approximate surface area is 336 Å². The maximum atomic E-state index is 14.3. The van der Waals surface area contributed by atoms with E-state index in [9.17, 15) is 8.78 Å². The third-order valence-electron chi connectivity index (χ3n) is 9.65. The molecule has 0 aliphatic carbocycles. The molecule has 55 heavy (non-hydrogen) atoms. The van der Waals surface area contributed by atoms with Crippen LogP contribution in [0.4, 0.5) is 8.78 Å². The number of imidazole rings is 1. The van der Waals surface area contributed by atoms with Gasteiger partial charge < -0.3 is 8.98 Å². The molecule has 0 fully saturated rings. The van der Waals surface area contributed by atoms with Gasteiger partial charge in [0.15, 0.2) is 5.58 Å². The Balaban J connectivity index is 0.000000212. The molecule has 0 saturated carbocycles. The number of fused-ring (bicyclic) bond motifs is 7. The molecule has 0 aliphatic heterocycles. The van der Waals surface area contributed by atoms with Gasteiger partial charge in [0.1, 0.15) is 16.2 Å². The van der Waals surface area contributed by atoms with Gasteiger partial charge in [-0.25, -0.2) is 9.37 Å². The van der Waals surface area contributed by atoms with E-state index in [2.05, 4.69) is 51.5 Å². The molecule has 0 aliphatic rings. The first-order chi connectivity index (χ1) is 26.1. The molecule has 273 valence electrons. The minimum Gasteiger partial charge on any atom is 0 e. The van der Waals surface area contributed by atoms with Crippen LogP contribution in [0.15, 0.2) is 126 Å². The summed E-state index contributed by atoms with van der Waals surface area (Å²) in [6.07, 6.45) is 2.04. The van der Waals surface area contributed by atoms with Crippen LogP contribution in [-0.4, -0.2) is 32.8 Å². The number of furan rings is 1. The molecule has 0 spiro atoms. The molecular formula is C45H32F2GeIrN4OS-2. The fraction of sp³-hybridized carbons (Fsp3) is 0.0889. The molecule has 1 radical (unpaired) electrons. The number of aromatic nitrogens is 4. The number of hydrogen-bond acceptors (Lipinski definition) is 5. The molecule has 10 aromatic rings. The van der Waals surface area contributed by atoms with Crippen LogP contribution in [0.25, 0.3) is 81.6 Å². The Morgan fingerprint density at radius 3 is 2.40 bits per heavy atom. The molecule has 0 N–H and O–H groups in total. The van der Waals surface area contributed by atoms with E-state index in [0.29, 0.717) is 21.8 Å². The van der Waals surface area contributed by atoms with E-state index in [1.54, 1.807) is 12.1 Å². The molecule has 5 aromatic heterocycles. The van der Waals surface area contributed by atoms with Crippen LogP contribution in [0.3, 0.4) is 0 Å². The Hall–Kier alpha value is -5.06. The van der Waals surface area contributed by atoms with Crippen LogP contribution < -0.4 is 4.40 Å². The van der Waals surface area contributed by atoms with Crippen LogP contribution in [0.2, 0.25) is 17.3 Å². The molecule has 0 bridgehead atoms. The van der Waals surface area contributed by atoms with E-state index in [-0.39, 0.29) is 25.9 Å². The summed E-state index contributed by atoms with van der Waals surface area (Å²) in [5, 5.41) is 3.86.